The van der Waals surface area contributed by atoms with Crippen LogP contribution >= 0.6 is 0 Å². The van der Waals surface area contributed by atoms with Gasteiger partial charge in [-0.15, -0.1) is 0 Å². The van der Waals surface area contributed by atoms with Crippen molar-refractivity contribution in [3.63, 3.8) is 0 Å². The molecule has 1 amide bonds. The Balaban J connectivity index is 1.71. The van der Waals surface area contributed by atoms with Crippen molar-refractivity contribution in [3.8, 4) is 5.75 Å². The highest BCUT2D eigenvalue weighted by molar-refractivity contribution is 7.92. The zero-order valence-corrected chi connectivity index (χ0v) is 21.1. The Hall–Kier alpha value is -2.63. The standard InChI is InChI=1S/C23H31N3O6S2/c1-3-32-21-10-8-9-20(17-21)26(33(2,28)29)18-23(27)24-19-11-13-22(14-12-19)34(30,31)25-15-6-4-5-7-16-25/h8-14,17H,3-7,15-16,18H2,1-2H3,(H,24,27). The SMILES string of the molecule is CCOc1cccc(N(CC(=O)Nc2ccc(S(=O)(=O)N3CCCCCC3)cc2)S(C)(=O)=O)c1. The van der Waals surface area contributed by atoms with Gasteiger partial charge in [-0.1, -0.05) is 18.9 Å². The fourth-order valence-corrected chi connectivity index (χ4v) is 6.13. The molecule has 1 heterocycles. The first kappa shape index (κ1) is 26.0. The number of rotatable bonds is 9. The highest BCUT2D eigenvalue weighted by Crippen LogP contribution is 2.24. The Morgan fingerprint density at radius 1 is 1.00 bits per heavy atom. The van der Waals surface area contributed by atoms with E-state index in [4.69, 9.17) is 4.74 Å². The van der Waals surface area contributed by atoms with Gasteiger partial charge in [0.05, 0.1) is 23.4 Å². The number of ether oxygens (including phenoxy) is 1. The van der Waals surface area contributed by atoms with Gasteiger partial charge < -0.3 is 10.1 Å². The van der Waals surface area contributed by atoms with Crippen molar-refractivity contribution in [2.24, 2.45) is 0 Å². The molecule has 11 heteroatoms. The first-order valence-corrected chi connectivity index (χ1v) is 14.5. The zero-order chi connectivity index (χ0) is 24.8. The van der Waals surface area contributed by atoms with E-state index in [1.165, 1.54) is 28.6 Å². The monoisotopic (exact) mass is 509 g/mol. The molecule has 34 heavy (non-hydrogen) atoms. The van der Waals surface area contributed by atoms with Crippen molar-refractivity contribution in [2.45, 2.75) is 37.5 Å². The predicted octanol–water partition coefficient (Wildman–Crippen LogP) is 3.05. The number of carbonyl (C=O) groups is 1. The molecule has 0 atom stereocenters. The first-order chi connectivity index (χ1) is 16.1. The van der Waals surface area contributed by atoms with E-state index in [0.717, 1.165) is 36.2 Å². The predicted molar refractivity (Wildman–Crippen MR) is 132 cm³/mol. The highest BCUT2D eigenvalue weighted by atomic mass is 32.2. The van der Waals surface area contributed by atoms with Crippen LogP contribution in [-0.2, 0) is 24.8 Å². The first-order valence-electron chi connectivity index (χ1n) is 11.2. The average molecular weight is 510 g/mol. The van der Waals surface area contributed by atoms with Gasteiger partial charge in [0.2, 0.25) is 26.0 Å². The zero-order valence-electron chi connectivity index (χ0n) is 19.4. The molecular formula is C23H31N3O6S2. The van der Waals surface area contributed by atoms with Gasteiger partial charge in [-0.2, -0.15) is 4.31 Å². The van der Waals surface area contributed by atoms with E-state index in [9.17, 15) is 21.6 Å². The van der Waals surface area contributed by atoms with Crippen LogP contribution in [0.5, 0.6) is 5.75 Å². The Bertz CT molecular complexity index is 1190. The fraction of sp³-hybridized carbons (Fsp3) is 0.435. The highest BCUT2D eigenvalue weighted by Gasteiger charge is 2.25. The number of amides is 1. The van der Waals surface area contributed by atoms with Crippen LogP contribution in [0.4, 0.5) is 11.4 Å². The van der Waals surface area contributed by atoms with Crippen LogP contribution in [0.1, 0.15) is 32.6 Å². The minimum Gasteiger partial charge on any atom is -0.494 e. The normalized spacial score (nSPS) is 15.4. The van der Waals surface area contributed by atoms with Crippen LogP contribution in [-0.4, -0.2) is 59.5 Å². The molecule has 1 aliphatic heterocycles. The maximum Gasteiger partial charge on any atom is 0.245 e. The largest absolute Gasteiger partial charge is 0.494 e. The molecule has 0 spiro atoms. The average Bonchev–Trinajstić information content (AvgIpc) is 3.08. The van der Waals surface area contributed by atoms with Crippen LogP contribution in [0.15, 0.2) is 53.4 Å². The molecule has 1 fully saturated rings. The quantitative estimate of drug-likeness (QED) is 0.556. The Morgan fingerprint density at radius 2 is 1.65 bits per heavy atom. The number of nitrogens with zero attached hydrogens (tertiary/aromatic N) is 2. The lowest BCUT2D eigenvalue weighted by Crippen LogP contribution is -2.37. The van der Waals surface area contributed by atoms with Crippen LogP contribution in [0, 0.1) is 0 Å². The summed E-state index contributed by atoms with van der Waals surface area (Å²) in [6.45, 7) is 2.81. The second kappa shape index (κ2) is 11.2. The smallest absolute Gasteiger partial charge is 0.245 e. The topological polar surface area (TPSA) is 113 Å². The second-order valence-electron chi connectivity index (χ2n) is 8.09. The lowest BCUT2D eigenvalue weighted by molar-refractivity contribution is -0.114. The van der Waals surface area contributed by atoms with Crippen molar-refractivity contribution in [1.29, 1.82) is 0 Å². The summed E-state index contributed by atoms with van der Waals surface area (Å²) in [4.78, 5) is 12.8. The summed E-state index contributed by atoms with van der Waals surface area (Å²) in [5, 5.41) is 2.64. The van der Waals surface area contributed by atoms with Gasteiger partial charge in [0.1, 0.15) is 12.3 Å². The maximum absolute atomic E-state index is 12.9. The van der Waals surface area contributed by atoms with Gasteiger partial charge >= 0.3 is 0 Å². The van der Waals surface area contributed by atoms with Gasteiger partial charge in [0.15, 0.2) is 0 Å². The Kier molecular flexibility index (Phi) is 8.56. The third-order valence-electron chi connectivity index (χ3n) is 5.45. The van der Waals surface area contributed by atoms with Crippen molar-refractivity contribution in [2.75, 3.05) is 42.1 Å². The van der Waals surface area contributed by atoms with Crippen molar-refractivity contribution in [3.05, 3.63) is 48.5 Å². The third-order valence-corrected chi connectivity index (χ3v) is 8.50. The number of anilines is 2. The van der Waals surface area contributed by atoms with Crippen LogP contribution < -0.4 is 14.4 Å². The molecule has 0 radical (unpaired) electrons. The lowest BCUT2D eigenvalue weighted by atomic mass is 10.2. The Labute approximate surface area is 201 Å². The molecule has 0 bridgehead atoms. The molecule has 186 valence electrons. The van der Waals surface area contributed by atoms with Gasteiger partial charge in [-0.05, 0) is 56.2 Å². The van der Waals surface area contributed by atoms with Crippen molar-refractivity contribution < 1.29 is 26.4 Å². The molecule has 2 aromatic carbocycles. The van der Waals surface area contributed by atoms with E-state index >= 15 is 0 Å². The molecule has 2 aromatic rings. The minimum absolute atomic E-state index is 0.165. The summed E-state index contributed by atoms with van der Waals surface area (Å²) in [6.07, 6.45) is 4.76. The van der Waals surface area contributed by atoms with Gasteiger partial charge in [-0.3, -0.25) is 9.10 Å². The second-order valence-corrected chi connectivity index (χ2v) is 11.9. The molecule has 1 saturated heterocycles. The third kappa shape index (κ3) is 6.71. The van der Waals surface area contributed by atoms with E-state index in [1.54, 1.807) is 24.3 Å². The molecule has 9 nitrogen and oxygen atoms in total. The fourth-order valence-electron chi connectivity index (χ4n) is 3.77. The van der Waals surface area contributed by atoms with Crippen molar-refractivity contribution >= 4 is 37.3 Å². The Morgan fingerprint density at radius 3 is 2.24 bits per heavy atom. The van der Waals surface area contributed by atoms with E-state index in [0.29, 0.717) is 36.8 Å². The van der Waals surface area contributed by atoms with E-state index in [-0.39, 0.29) is 4.90 Å². The van der Waals surface area contributed by atoms with Crippen molar-refractivity contribution in [1.82, 2.24) is 4.31 Å². The number of hydrogen-bond acceptors (Lipinski definition) is 6. The summed E-state index contributed by atoms with van der Waals surface area (Å²) >= 11 is 0. The molecule has 0 aromatic heterocycles. The number of sulfonamides is 2. The molecule has 1 aliphatic rings. The van der Waals surface area contributed by atoms with Crippen LogP contribution in [0.3, 0.4) is 0 Å². The number of nitrogens with one attached hydrogen (secondary N) is 1. The summed E-state index contributed by atoms with van der Waals surface area (Å²) in [6, 6.07) is 12.4. The summed E-state index contributed by atoms with van der Waals surface area (Å²) in [7, 11) is -7.34. The summed E-state index contributed by atoms with van der Waals surface area (Å²) < 4.78 is 58.5. The molecule has 0 aliphatic carbocycles. The minimum atomic E-state index is -3.75. The summed E-state index contributed by atoms with van der Waals surface area (Å²) in [5.74, 6) is -0.0642. The molecular weight excluding hydrogens is 478 g/mol. The van der Waals surface area contributed by atoms with E-state index in [2.05, 4.69) is 5.32 Å². The number of benzene rings is 2. The summed E-state index contributed by atoms with van der Waals surface area (Å²) in [5.41, 5.74) is 0.679. The van der Waals surface area contributed by atoms with Crippen LogP contribution in [0.2, 0.25) is 0 Å². The lowest BCUT2D eigenvalue weighted by Gasteiger charge is -2.22. The number of hydrogen-bond donors (Lipinski definition) is 1. The molecule has 0 unspecified atom stereocenters. The van der Waals surface area contributed by atoms with E-state index in [1.807, 2.05) is 6.92 Å². The van der Waals surface area contributed by atoms with Crippen LogP contribution in [0.25, 0.3) is 0 Å². The van der Waals surface area contributed by atoms with Gasteiger partial charge in [-0.25, -0.2) is 16.8 Å². The number of carbonyl (C=O) groups excluding carboxylic acids is 1. The van der Waals surface area contributed by atoms with Gasteiger partial charge in [0, 0.05) is 24.8 Å². The van der Waals surface area contributed by atoms with E-state index < -0.39 is 32.5 Å². The molecule has 0 saturated carbocycles. The van der Waals surface area contributed by atoms with Gasteiger partial charge in [0.25, 0.3) is 0 Å². The molecule has 3 rings (SSSR count). The maximum atomic E-state index is 12.9. The molecule has 1 N–H and O–H groups in total.